The number of aryl methyl sites for hydroxylation is 1. The number of anilines is 2. The first-order chi connectivity index (χ1) is 15.0. The Morgan fingerprint density at radius 2 is 1.59 bits per heavy atom. The molecule has 0 atom stereocenters. The van der Waals surface area contributed by atoms with Crippen LogP contribution in [0.25, 0.3) is 0 Å². The predicted molar refractivity (Wildman–Crippen MR) is 126 cm³/mol. The van der Waals surface area contributed by atoms with E-state index in [9.17, 15) is 9.59 Å². The van der Waals surface area contributed by atoms with Crippen LogP contribution in [0.4, 0.5) is 11.4 Å². The fourth-order valence-corrected chi connectivity index (χ4v) is 3.07. The maximum atomic E-state index is 13.0. The third kappa shape index (κ3) is 5.58. The predicted octanol–water partition coefficient (Wildman–Crippen LogP) is 5.93. The molecular formula is C26H30N2O4. The van der Waals surface area contributed by atoms with Crippen molar-refractivity contribution in [1.82, 2.24) is 0 Å². The van der Waals surface area contributed by atoms with Gasteiger partial charge in [0.1, 0.15) is 5.75 Å². The Morgan fingerprint density at radius 1 is 0.906 bits per heavy atom. The average molecular weight is 435 g/mol. The first-order valence-electron chi connectivity index (χ1n) is 10.5. The van der Waals surface area contributed by atoms with Crippen molar-refractivity contribution >= 4 is 23.2 Å². The quantitative estimate of drug-likeness (QED) is 0.504. The molecule has 0 bridgehead atoms. The van der Waals surface area contributed by atoms with Gasteiger partial charge in [-0.05, 0) is 73.7 Å². The molecule has 0 aliphatic heterocycles. The van der Waals surface area contributed by atoms with Gasteiger partial charge in [0.2, 0.25) is 0 Å². The van der Waals surface area contributed by atoms with Crippen LogP contribution in [0.3, 0.4) is 0 Å². The van der Waals surface area contributed by atoms with Crippen LogP contribution in [0.5, 0.6) is 5.75 Å². The lowest BCUT2D eigenvalue weighted by Gasteiger charge is -2.26. The van der Waals surface area contributed by atoms with Crippen molar-refractivity contribution in [2.45, 2.75) is 52.6 Å². The zero-order chi connectivity index (χ0) is 23.5. The van der Waals surface area contributed by atoms with E-state index in [1.807, 2.05) is 37.3 Å². The highest BCUT2D eigenvalue weighted by Gasteiger charge is 2.30. The molecule has 3 rings (SSSR count). The van der Waals surface area contributed by atoms with Crippen molar-refractivity contribution < 1.29 is 18.7 Å². The smallest absolute Gasteiger partial charge is 0.291 e. The molecule has 1 heterocycles. The highest BCUT2D eigenvalue weighted by Crippen LogP contribution is 2.27. The molecule has 6 nitrogen and oxygen atoms in total. The number of nitrogens with one attached hydrogen (secondary N) is 2. The van der Waals surface area contributed by atoms with E-state index in [1.165, 1.54) is 11.8 Å². The molecule has 3 aromatic rings. The molecule has 6 heteroatoms. The summed E-state index contributed by atoms with van der Waals surface area (Å²) in [7, 11) is 0. The van der Waals surface area contributed by atoms with Crippen molar-refractivity contribution in [3.63, 3.8) is 0 Å². The highest BCUT2D eigenvalue weighted by molar-refractivity contribution is 6.03. The summed E-state index contributed by atoms with van der Waals surface area (Å²) in [6.07, 6.45) is 1.44. The first-order valence-corrected chi connectivity index (χ1v) is 10.5. The normalized spacial score (nSPS) is 11.7. The molecule has 0 aliphatic carbocycles. The van der Waals surface area contributed by atoms with Gasteiger partial charge in [0, 0.05) is 11.4 Å². The SMILES string of the molecule is Cc1ccc(NC(=O)c2ccco2)cc1NC(=O)C(C)(C)Oc1ccc(C(C)(C)C)cc1. The second-order valence-corrected chi connectivity index (χ2v) is 9.30. The van der Waals surface area contributed by atoms with Crippen LogP contribution >= 0.6 is 0 Å². The summed E-state index contributed by atoms with van der Waals surface area (Å²) >= 11 is 0. The fraction of sp³-hybridized carbons (Fsp3) is 0.308. The van der Waals surface area contributed by atoms with Gasteiger partial charge in [-0.3, -0.25) is 9.59 Å². The maximum Gasteiger partial charge on any atom is 0.291 e. The minimum atomic E-state index is -1.11. The second-order valence-electron chi connectivity index (χ2n) is 9.30. The van der Waals surface area contributed by atoms with Gasteiger partial charge in [0.05, 0.1) is 6.26 Å². The van der Waals surface area contributed by atoms with Crippen molar-refractivity contribution in [2.75, 3.05) is 10.6 Å². The monoisotopic (exact) mass is 434 g/mol. The molecule has 2 amide bonds. The molecule has 1 aromatic heterocycles. The number of hydrogen-bond donors (Lipinski definition) is 2. The molecule has 168 valence electrons. The zero-order valence-corrected chi connectivity index (χ0v) is 19.4. The molecule has 2 aromatic carbocycles. The van der Waals surface area contributed by atoms with Crippen LogP contribution in [0.1, 0.15) is 56.3 Å². The Labute approximate surface area is 189 Å². The van der Waals surface area contributed by atoms with Gasteiger partial charge < -0.3 is 19.8 Å². The average Bonchev–Trinajstić information content (AvgIpc) is 3.25. The van der Waals surface area contributed by atoms with Gasteiger partial charge in [-0.2, -0.15) is 0 Å². The molecule has 0 saturated heterocycles. The van der Waals surface area contributed by atoms with Crippen molar-refractivity contribution in [2.24, 2.45) is 0 Å². The van der Waals surface area contributed by atoms with Crippen LogP contribution in [0, 0.1) is 6.92 Å². The Hall–Kier alpha value is -3.54. The molecule has 2 N–H and O–H groups in total. The molecular weight excluding hydrogens is 404 g/mol. The Balaban J connectivity index is 1.70. The van der Waals surface area contributed by atoms with Gasteiger partial charge in [0.15, 0.2) is 11.4 Å². The number of furan rings is 1. The molecule has 0 radical (unpaired) electrons. The molecule has 0 unspecified atom stereocenters. The van der Waals surface area contributed by atoms with E-state index in [-0.39, 0.29) is 23.0 Å². The van der Waals surface area contributed by atoms with E-state index >= 15 is 0 Å². The fourth-order valence-electron chi connectivity index (χ4n) is 3.07. The second kappa shape index (κ2) is 8.91. The number of carbonyl (C=O) groups excluding carboxylic acids is 2. The van der Waals surface area contributed by atoms with Gasteiger partial charge in [-0.15, -0.1) is 0 Å². The molecule has 0 spiro atoms. The minimum absolute atomic E-state index is 0.0420. The summed E-state index contributed by atoms with van der Waals surface area (Å²) < 4.78 is 11.1. The first kappa shape index (κ1) is 23.1. The third-order valence-electron chi connectivity index (χ3n) is 5.13. The standard InChI is InChI=1S/C26H30N2O4/c1-17-9-12-19(27-23(29)22-8-7-15-31-22)16-21(17)28-24(30)26(5,6)32-20-13-10-18(11-14-20)25(2,3)4/h7-16H,1-6H3,(H,27,29)(H,28,30). The van der Waals surface area contributed by atoms with E-state index in [0.29, 0.717) is 17.1 Å². The van der Waals surface area contributed by atoms with Crippen LogP contribution in [0.15, 0.2) is 65.3 Å². The van der Waals surface area contributed by atoms with E-state index in [1.54, 1.807) is 38.1 Å². The Morgan fingerprint density at radius 3 is 2.19 bits per heavy atom. The number of benzene rings is 2. The Kier molecular flexibility index (Phi) is 6.44. The van der Waals surface area contributed by atoms with Crippen molar-refractivity contribution in [1.29, 1.82) is 0 Å². The minimum Gasteiger partial charge on any atom is -0.478 e. The highest BCUT2D eigenvalue weighted by atomic mass is 16.5. The summed E-state index contributed by atoms with van der Waals surface area (Å²) in [4.78, 5) is 25.2. The lowest BCUT2D eigenvalue weighted by molar-refractivity contribution is -0.128. The number of amides is 2. The summed E-state index contributed by atoms with van der Waals surface area (Å²) in [6, 6.07) is 16.3. The molecule has 0 fully saturated rings. The van der Waals surface area contributed by atoms with Gasteiger partial charge in [-0.25, -0.2) is 0 Å². The van der Waals surface area contributed by atoms with Crippen molar-refractivity contribution in [3.8, 4) is 5.75 Å². The summed E-state index contributed by atoms with van der Waals surface area (Å²) in [5.41, 5.74) is 2.12. The summed E-state index contributed by atoms with van der Waals surface area (Å²) in [6.45, 7) is 11.8. The lowest BCUT2D eigenvalue weighted by atomic mass is 9.87. The third-order valence-corrected chi connectivity index (χ3v) is 5.13. The summed E-state index contributed by atoms with van der Waals surface area (Å²) in [5, 5.41) is 5.68. The largest absolute Gasteiger partial charge is 0.478 e. The van der Waals surface area contributed by atoms with Gasteiger partial charge in [-0.1, -0.05) is 39.0 Å². The van der Waals surface area contributed by atoms with E-state index < -0.39 is 5.60 Å². The topological polar surface area (TPSA) is 80.6 Å². The summed E-state index contributed by atoms with van der Waals surface area (Å²) in [5.74, 6) is 0.172. The van der Waals surface area contributed by atoms with E-state index in [4.69, 9.17) is 9.15 Å². The molecule has 0 aliphatic rings. The van der Waals surface area contributed by atoms with Crippen LogP contribution < -0.4 is 15.4 Å². The maximum absolute atomic E-state index is 13.0. The van der Waals surface area contributed by atoms with Crippen LogP contribution in [-0.4, -0.2) is 17.4 Å². The zero-order valence-electron chi connectivity index (χ0n) is 19.4. The van der Waals surface area contributed by atoms with Crippen molar-refractivity contribution in [3.05, 3.63) is 77.7 Å². The van der Waals surface area contributed by atoms with Crippen LogP contribution in [0.2, 0.25) is 0 Å². The number of ether oxygens (including phenoxy) is 1. The number of carbonyl (C=O) groups is 2. The lowest BCUT2D eigenvalue weighted by Crippen LogP contribution is -2.42. The Bertz CT molecular complexity index is 1090. The number of rotatable bonds is 6. The van der Waals surface area contributed by atoms with Gasteiger partial charge in [0.25, 0.3) is 11.8 Å². The molecule has 0 saturated carbocycles. The van der Waals surface area contributed by atoms with E-state index in [2.05, 4.69) is 31.4 Å². The molecule has 32 heavy (non-hydrogen) atoms. The van der Waals surface area contributed by atoms with E-state index in [0.717, 1.165) is 5.56 Å². The van der Waals surface area contributed by atoms with Crippen LogP contribution in [-0.2, 0) is 10.2 Å². The number of hydrogen-bond acceptors (Lipinski definition) is 4. The van der Waals surface area contributed by atoms with Gasteiger partial charge >= 0.3 is 0 Å².